The highest BCUT2D eigenvalue weighted by atomic mass is 35.5. The van der Waals surface area contributed by atoms with Crippen molar-refractivity contribution in [1.29, 1.82) is 5.26 Å². The van der Waals surface area contributed by atoms with Crippen molar-refractivity contribution in [2.75, 3.05) is 5.75 Å². The fourth-order valence-corrected chi connectivity index (χ4v) is 4.59. The molecule has 110 valence electrons. The molecule has 1 heterocycles. The topological polar surface area (TPSA) is 70.8 Å². The third kappa shape index (κ3) is 4.53. The molecule has 1 aromatic heterocycles. The van der Waals surface area contributed by atoms with Crippen molar-refractivity contribution in [3.8, 4) is 17.3 Å². The Labute approximate surface area is 132 Å². The Bertz CT molecular complexity index is 763. The lowest BCUT2D eigenvalue weighted by atomic mass is 10.2. The summed E-state index contributed by atoms with van der Waals surface area (Å²) in [6, 6.07) is 9.26. The van der Waals surface area contributed by atoms with Crippen molar-refractivity contribution in [3.05, 3.63) is 39.7 Å². The molecule has 21 heavy (non-hydrogen) atoms. The largest absolute Gasteiger partial charge is 0.240 e. The van der Waals surface area contributed by atoms with Gasteiger partial charge in [-0.1, -0.05) is 29.8 Å². The minimum atomic E-state index is -3.22. The molecule has 0 unspecified atom stereocenters. The van der Waals surface area contributed by atoms with Gasteiger partial charge in [-0.3, -0.25) is 0 Å². The summed E-state index contributed by atoms with van der Waals surface area (Å²) in [6.07, 6.45) is 0.615. The molecule has 0 bridgehead atoms. The molecule has 0 N–H and O–H groups in total. The van der Waals surface area contributed by atoms with Gasteiger partial charge in [0, 0.05) is 22.4 Å². The molecule has 1 aromatic carbocycles. The lowest BCUT2D eigenvalue weighted by Gasteiger charge is -2.00. The predicted octanol–water partition coefficient (Wildman–Crippen LogP) is 3.68. The van der Waals surface area contributed by atoms with Gasteiger partial charge in [-0.25, -0.2) is 13.4 Å². The van der Waals surface area contributed by atoms with Crippen molar-refractivity contribution < 1.29 is 8.42 Å². The van der Waals surface area contributed by atoms with Crippen LogP contribution in [-0.4, -0.2) is 19.2 Å². The van der Waals surface area contributed by atoms with E-state index >= 15 is 0 Å². The zero-order chi connectivity index (χ0) is 15.3. The first kappa shape index (κ1) is 16.0. The molecular weight excluding hydrogens is 328 g/mol. The van der Waals surface area contributed by atoms with Crippen LogP contribution in [0.5, 0.6) is 0 Å². The van der Waals surface area contributed by atoms with Crippen LogP contribution in [-0.2, 0) is 15.6 Å². The van der Waals surface area contributed by atoms with E-state index in [1.807, 2.05) is 24.3 Å². The van der Waals surface area contributed by atoms with Gasteiger partial charge in [-0.15, -0.1) is 11.3 Å². The maximum absolute atomic E-state index is 11.9. The van der Waals surface area contributed by atoms with Crippen LogP contribution in [0.15, 0.2) is 29.6 Å². The van der Waals surface area contributed by atoms with Crippen molar-refractivity contribution >= 4 is 32.8 Å². The maximum atomic E-state index is 11.9. The summed E-state index contributed by atoms with van der Waals surface area (Å²) < 4.78 is 23.8. The van der Waals surface area contributed by atoms with Crippen LogP contribution >= 0.6 is 22.9 Å². The van der Waals surface area contributed by atoms with E-state index in [-0.39, 0.29) is 17.9 Å². The standard InChI is InChI=1S/C14H13ClN2O2S2/c15-12-6-2-1-5-11(12)13-9-20-14(17-13)10-21(18,19)8-4-3-7-16/h1-2,5-6,9H,3-4,8,10H2. The third-order valence-electron chi connectivity index (χ3n) is 2.79. The molecule has 7 heteroatoms. The number of halogens is 1. The zero-order valence-electron chi connectivity index (χ0n) is 11.1. The number of aromatic nitrogens is 1. The normalized spacial score (nSPS) is 11.2. The van der Waals surface area contributed by atoms with E-state index in [2.05, 4.69) is 4.98 Å². The highest BCUT2D eigenvalue weighted by molar-refractivity contribution is 7.90. The fourth-order valence-electron chi connectivity index (χ4n) is 1.80. The first-order chi connectivity index (χ1) is 10.0. The monoisotopic (exact) mass is 340 g/mol. The van der Waals surface area contributed by atoms with Gasteiger partial charge in [-0.05, 0) is 12.5 Å². The SMILES string of the molecule is N#CCCCS(=O)(=O)Cc1nc(-c2ccccc2Cl)cs1. The summed E-state index contributed by atoms with van der Waals surface area (Å²) in [5.74, 6) is -0.0743. The summed E-state index contributed by atoms with van der Waals surface area (Å²) in [6.45, 7) is 0. The van der Waals surface area contributed by atoms with Gasteiger partial charge in [0.05, 0.1) is 17.5 Å². The first-order valence-electron chi connectivity index (χ1n) is 6.28. The zero-order valence-corrected chi connectivity index (χ0v) is 13.5. The molecule has 0 radical (unpaired) electrons. The van der Waals surface area contributed by atoms with E-state index in [1.54, 1.807) is 11.4 Å². The molecule has 2 aromatic rings. The van der Waals surface area contributed by atoms with Gasteiger partial charge in [0.25, 0.3) is 0 Å². The van der Waals surface area contributed by atoms with Gasteiger partial charge >= 0.3 is 0 Å². The second-order valence-corrected chi connectivity index (χ2v) is 7.99. The molecule has 0 amide bonds. The smallest absolute Gasteiger partial charge is 0.156 e. The summed E-state index contributed by atoms with van der Waals surface area (Å²) in [4.78, 5) is 4.34. The molecule has 0 atom stereocenters. The number of nitriles is 1. The fraction of sp³-hybridized carbons (Fsp3) is 0.286. The molecule has 0 spiro atoms. The first-order valence-corrected chi connectivity index (χ1v) is 9.36. The lowest BCUT2D eigenvalue weighted by Crippen LogP contribution is -2.09. The van der Waals surface area contributed by atoms with Gasteiger partial charge in [0.2, 0.25) is 0 Å². The van der Waals surface area contributed by atoms with E-state index in [0.717, 1.165) is 5.56 Å². The number of rotatable bonds is 6. The van der Waals surface area contributed by atoms with Crippen molar-refractivity contribution in [1.82, 2.24) is 4.98 Å². The van der Waals surface area contributed by atoms with Crippen LogP contribution in [0.2, 0.25) is 5.02 Å². The van der Waals surface area contributed by atoms with E-state index in [0.29, 0.717) is 22.1 Å². The third-order valence-corrected chi connectivity index (χ3v) is 5.77. The van der Waals surface area contributed by atoms with Crippen molar-refractivity contribution in [3.63, 3.8) is 0 Å². The van der Waals surface area contributed by atoms with Crippen LogP contribution in [0, 0.1) is 11.3 Å². The number of thiazole rings is 1. The molecule has 0 aliphatic heterocycles. The molecule has 0 saturated heterocycles. The summed E-state index contributed by atoms with van der Waals surface area (Å²) in [7, 11) is -3.22. The van der Waals surface area contributed by atoms with Crippen LogP contribution in [0.4, 0.5) is 0 Å². The number of nitrogens with zero attached hydrogens (tertiary/aromatic N) is 2. The number of sulfone groups is 1. The van der Waals surface area contributed by atoms with E-state index < -0.39 is 9.84 Å². The van der Waals surface area contributed by atoms with Crippen LogP contribution in [0.25, 0.3) is 11.3 Å². The van der Waals surface area contributed by atoms with Crippen molar-refractivity contribution in [2.24, 2.45) is 0 Å². The molecule has 0 aliphatic carbocycles. The highest BCUT2D eigenvalue weighted by Crippen LogP contribution is 2.29. The number of hydrogen-bond acceptors (Lipinski definition) is 5. The average molecular weight is 341 g/mol. The Hall–Kier alpha value is -1.42. The number of hydrogen-bond donors (Lipinski definition) is 0. The quantitative estimate of drug-likeness (QED) is 0.752. The number of unbranched alkanes of at least 4 members (excludes halogenated alkanes) is 1. The second-order valence-electron chi connectivity index (χ2n) is 4.46. The predicted molar refractivity (Wildman–Crippen MR) is 84.9 cm³/mol. The average Bonchev–Trinajstić information content (AvgIpc) is 2.87. The van der Waals surface area contributed by atoms with Crippen molar-refractivity contribution in [2.45, 2.75) is 18.6 Å². The van der Waals surface area contributed by atoms with Gasteiger partial charge in [0.1, 0.15) is 10.8 Å². The number of benzene rings is 1. The molecule has 4 nitrogen and oxygen atoms in total. The molecular formula is C14H13ClN2O2S2. The van der Waals surface area contributed by atoms with E-state index in [4.69, 9.17) is 16.9 Å². The molecule has 0 fully saturated rings. The second kappa shape index (κ2) is 7.03. The summed E-state index contributed by atoms with van der Waals surface area (Å²) >= 11 is 7.41. The van der Waals surface area contributed by atoms with Gasteiger partial charge in [0.15, 0.2) is 9.84 Å². The minimum absolute atomic E-state index is 0.0154. The van der Waals surface area contributed by atoms with Crippen LogP contribution < -0.4 is 0 Å². The van der Waals surface area contributed by atoms with Crippen LogP contribution in [0.1, 0.15) is 17.8 Å². The maximum Gasteiger partial charge on any atom is 0.156 e. The van der Waals surface area contributed by atoms with E-state index in [1.165, 1.54) is 11.3 Å². The Kier molecular flexibility index (Phi) is 5.34. The Morgan fingerprint density at radius 1 is 1.33 bits per heavy atom. The molecule has 0 aliphatic rings. The van der Waals surface area contributed by atoms with Crippen LogP contribution in [0.3, 0.4) is 0 Å². The molecule has 0 saturated carbocycles. The Morgan fingerprint density at radius 2 is 2.10 bits per heavy atom. The molecule has 2 rings (SSSR count). The minimum Gasteiger partial charge on any atom is -0.240 e. The Morgan fingerprint density at radius 3 is 2.81 bits per heavy atom. The highest BCUT2D eigenvalue weighted by Gasteiger charge is 2.15. The Balaban J connectivity index is 2.11. The van der Waals surface area contributed by atoms with Gasteiger partial charge in [-0.2, -0.15) is 5.26 Å². The van der Waals surface area contributed by atoms with E-state index in [9.17, 15) is 8.42 Å². The van der Waals surface area contributed by atoms with Gasteiger partial charge < -0.3 is 0 Å². The summed E-state index contributed by atoms with van der Waals surface area (Å²) in [5, 5.41) is 11.4. The lowest BCUT2D eigenvalue weighted by molar-refractivity contribution is 0.593. The summed E-state index contributed by atoms with van der Waals surface area (Å²) in [5.41, 5.74) is 1.48.